The molecule has 1 aliphatic heterocycles. The molecule has 11 rings (SSSR count). The van der Waals surface area contributed by atoms with Gasteiger partial charge in [0.05, 0.1) is 27.9 Å². The summed E-state index contributed by atoms with van der Waals surface area (Å²) >= 11 is 0. The van der Waals surface area contributed by atoms with Crippen molar-refractivity contribution in [1.29, 1.82) is 0 Å². The molecule has 66 heavy (non-hydrogen) atoms. The number of aromatic nitrogens is 4. The summed E-state index contributed by atoms with van der Waals surface area (Å²) in [5.41, 5.74) is 19.5. The van der Waals surface area contributed by atoms with E-state index in [1.165, 1.54) is 38.6 Å². The molecule has 0 atom stereocenters. The number of hydrogen-bond acceptors (Lipinski definition) is 3. The Hall–Kier alpha value is -7.24. The van der Waals surface area contributed by atoms with E-state index in [1.54, 1.807) is 0 Å². The average molecular weight is 860 g/mol. The lowest BCUT2D eigenvalue weighted by Crippen LogP contribution is -2.31. The Morgan fingerprint density at radius 3 is 2.05 bits per heavy atom. The second-order valence-electron chi connectivity index (χ2n) is 20.5. The maximum absolute atomic E-state index is 5.78. The van der Waals surface area contributed by atoms with Gasteiger partial charge in [-0.05, 0) is 122 Å². The van der Waals surface area contributed by atoms with E-state index in [4.69, 9.17) is 9.97 Å². The fourth-order valence-corrected chi connectivity index (χ4v) is 10.3. The van der Waals surface area contributed by atoms with Crippen molar-refractivity contribution in [3.63, 3.8) is 0 Å². The third-order valence-electron chi connectivity index (χ3n) is 14.1. The van der Waals surface area contributed by atoms with E-state index >= 15 is 0 Å². The van der Waals surface area contributed by atoms with Gasteiger partial charge < -0.3 is 4.98 Å². The molecule has 0 spiro atoms. The quantitative estimate of drug-likeness (QED) is 0.174. The number of anilines is 3. The van der Waals surface area contributed by atoms with E-state index in [2.05, 4.69) is 234 Å². The number of benzene rings is 7. The van der Waals surface area contributed by atoms with Crippen LogP contribution < -0.4 is 4.90 Å². The van der Waals surface area contributed by atoms with Crippen molar-refractivity contribution < 1.29 is 0 Å². The van der Waals surface area contributed by atoms with Crippen LogP contribution in [0.25, 0.3) is 72.2 Å². The molecule has 0 saturated carbocycles. The fourth-order valence-electron chi connectivity index (χ4n) is 10.3. The van der Waals surface area contributed by atoms with Gasteiger partial charge in [0, 0.05) is 44.7 Å². The zero-order chi connectivity index (χ0) is 45.6. The van der Waals surface area contributed by atoms with E-state index < -0.39 is 0 Å². The third kappa shape index (κ3) is 6.74. The highest BCUT2D eigenvalue weighted by Crippen LogP contribution is 2.53. The Morgan fingerprint density at radius 2 is 1.29 bits per heavy atom. The van der Waals surface area contributed by atoms with Crippen molar-refractivity contribution in [1.82, 2.24) is 19.5 Å². The Labute approximate surface area is 388 Å². The lowest BCUT2D eigenvalue weighted by molar-refractivity contribution is 0.591. The summed E-state index contributed by atoms with van der Waals surface area (Å²) in [4.78, 5) is 17.1. The Kier molecular flexibility index (Phi) is 9.70. The van der Waals surface area contributed by atoms with Crippen LogP contribution in [0.2, 0.25) is 0 Å². The third-order valence-corrected chi connectivity index (χ3v) is 14.1. The summed E-state index contributed by atoms with van der Waals surface area (Å²) in [7, 11) is 0. The van der Waals surface area contributed by atoms with Crippen molar-refractivity contribution in [2.75, 3.05) is 4.90 Å². The van der Waals surface area contributed by atoms with Crippen molar-refractivity contribution >= 4 is 50.0 Å². The second-order valence-corrected chi connectivity index (χ2v) is 20.5. The molecule has 326 valence electrons. The van der Waals surface area contributed by atoms with E-state index in [9.17, 15) is 0 Å². The molecule has 1 N–H and O–H groups in total. The Morgan fingerprint density at radius 1 is 0.576 bits per heavy atom. The molecule has 10 aromatic rings. The topological polar surface area (TPSA) is 49.7 Å². The number of nitrogens with one attached hydrogen (secondary N) is 1. The summed E-state index contributed by atoms with van der Waals surface area (Å²) in [6.45, 7) is 20.7. The summed E-state index contributed by atoms with van der Waals surface area (Å²) in [5.74, 6) is 2.52. The van der Waals surface area contributed by atoms with Gasteiger partial charge in [-0.3, -0.25) is 9.47 Å². The van der Waals surface area contributed by atoms with Crippen molar-refractivity contribution in [3.05, 3.63) is 192 Å². The van der Waals surface area contributed by atoms with Crippen molar-refractivity contribution in [3.8, 4) is 39.3 Å². The first kappa shape index (κ1) is 41.5. The van der Waals surface area contributed by atoms with Gasteiger partial charge in [-0.2, -0.15) is 0 Å². The molecule has 0 fully saturated rings. The minimum atomic E-state index is -0.250. The normalized spacial score (nSPS) is 13.6. The number of fused-ring (bicyclic) bond motifs is 6. The summed E-state index contributed by atoms with van der Waals surface area (Å²) in [6.07, 6.45) is 1.94. The van der Waals surface area contributed by atoms with Crippen LogP contribution in [0.5, 0.6) is 0 Å². The van der Waals surface area contributed by atoms with E-state index in [0.29, 0.717) is 11.8 Å². The van der Waals surface area contributed by atoms with Gasteiger partial charge in [-0.1, -0.05) is 159 Å². The fraction of sp³-hybridized carbons (Fsp3) is 0.213. The number of pyridine rings is 1. The maximum Gasteiger partial charge on any atom is 0.147 e. The molecule has 3 aromatic heterocycles. The molecule has 0 aliphatic carbocycles. The molecule has 5 nitrogen and oxygen atoms in total. The molecule has 0 amide bonds. The van der Waals surface area contributed by atoms with Crippen LogP contribution in [0.15, 0.2) is 164 Å². The number of para-hydroxylation sites is 3. The van der Waals surface area contributed by atoms with Crippen LogP contribution in [-0.4, -0.2) is 19.5 Å². The molecule has 0 unspecified atom stereocenters. The summed E-state index contributed by atoms with van der Waals surface area (Å²) in [5, 5.41) is 2.44. The van der Waals surface area contributed by atoms with Crippen LogP contribution in [-0.2, 0) is 10.8 Å². The Bertz CT molecular complexity index is 3480. The van der Waals surface area contributed by atoms with Crippen molar-refractivity contribution in [2.24, 2.45) is 0 Å². The molecule has 4 heterocycles. The second kappa shape index (κ2) is 15.4. The summed E-state index contributed by atoms with van der Waals surface area (Å²) in [6, 6.07) is 58.1. The minimum Gasteiger partial charge on any atom is -0.354 e. The van der Waals surface area contributed by atoms with E-state index in [0.717, 1.165) is 78.6 Å². The van der Waals surface area contributed by atoms with Crippen LogP contribution in [0.3, 0.4) is 0 Å². The number of rotatable bonds is 7. The predicted molar refractivity (Wildman–Crippen MR) is 278 cm³/mol. The van der Waals surface area contributed by atoms with Crippen LogP contribution in [0, 0.1) is 0 Å². The molecular weight excluding hydrogens is 803 g/mol. The SMILES string of the molecule is CC(C)c1cc(C(C)C)cc(-n2c(-c3cccc4c3[nH]c3ccc(C(C)(C)C)cc34)nc3c(-c4ccc5c(c4)N(c4cc(-c6ccccc6)ccn4)c4ccccc4C5(C)C)cccc32)c1. The molecule has 7 aromatic carbocycles. The highest BCUT2D eigenvalue weighted by atomic mass is 15.2. The summed E-state index contributed by atoms with van der Waals surface area (Å²) < 4.78 is 2.42. The number of H-pyrrole nitrogens is 1. The number of nitrogens with zero attached hydrogens (tertiary/aromatic N) is 4. The van der Waals surface area contributed by atoms with Crippen LogP contribution in [0.1, 0.15) is 102 Å². The van der Waals surface area contributed by atoms with E-state index in [1.807, 2.05) is 6.20 Å². The smallest absolute Gasteiger partial charge is 0.147 e. The molecule has 0 radical (unpaired) electrons. The molecule has 0 saturated heterocycles. The average Bonchev–Trinajstić information content (AvgIpc) is 3.90. The molecule has 1 aliphatic rings. The molecule has 0 bridgehead atoms. The zero-order valence-electron chi connectivity index (χ0n) is 39.5. The number of aromatic amines is 1. The largest absolute Gasteiger partial charge is 0.354 e. The van der Waals surface area contributed by atoms with Gasteiger partial charge in [0.2, 0.25) is 0 Å². The number of imidazole rings is 1. The highest BCUT2D eigenvalue weighted by molar-refractivity contribution is 6.12. The Balaban J connectivity index is 1.16. The first-order valence-electron chi connectivity index (χ1n) is 23.5. The minimum absolute atomic E-state index is 0.0326. The van der Waals surface area contributed by atoms with Gasteiger partial charge in [0.25, 0.3) is 0 Å². The first-order valence-corrected chi connectivity index (χ1v) is 23.5. The first-order chi connectivity index (χ1) is 31.8. The lowest BCUT2D eigenvalue weighted by Gasteiger charge is -2.41. The van der Waals surface area contributed by atoms with Crippen LogP contribution >= 0.6 is 0 Å². The lowest BCUT2D eigenvalue weighted by atomic mass is 9.73. The highest BCUT2D eigenvalue weighted by Gasteiger charge is 2.37. The van der Waals surface area contributed by atoms with Gasteiger partial charge in [0.15, 0.2) is 0 Å². The molecule has 5 heteroatoms. The zero-order valence-corrected chi connectivity index (χ0v) is 39.5. The van der Waals surface area contributed by atoms with Crippen LogP contribution in [0.4, 0.5) is 17.2 Å². The van der Waals surface area contributed by atoms with Gasteiger partial charge in [0.1, 0.15) is 11.6 Å². The van der Waals surface area contributed by atoms with Gasteiger partial charge >= 0.3 is 0 Å². The van der Waals surface area contributed by atoms with E-state index in [-0.39, 0.29) is 10.8 Å². The maximum atomic E-state index is 5.78. The monoisotopic (exact) mass is 859 g/mol. The van der Waals surface area contributed by atoms with Gasteiger partial charge in [-0.15, -0.1) is 0 Å². The van der Waals surface area contributed by atoms with Gasteiger partial charge in [-0.25, -0.2) is 9.97 Å². The standard InChI is InChI=1S/C61H57N5/c1-37(2)42-31-43(38(3)4)33-45(32-42)65-54-24-16-19-46(58(54)64-59(65)48-21-15-20-47-49-36-44(60(5,6)7)26-28-52(49)63-57(47)48)41-25-27-51-55(34-41)66(53-23-14-13-22-50(53)61(51,8)9)56-35-40(29-30-62-56)39-17-11-10-12-18-39/h10-38,63H,1-9H3. The molecular formula is C61H57N5. The van der Waals surface area contributed by atoms with Crippen molar-refractivity contribution in [2.45, 2.75) is 85.0 Å². The predicted octanol–water partition coefficient (Wildman–Crippen LogP) is 16.7. The number of hydrogen-bond donors (Lipinski definition) is 1.